The average molecular weight is 131 g/mol. The lowest BCUT2D eigenvalue weighted by molar-refractivity contribution is 0.181. The van der Waals surface area contributed by atoms with Crippen LogP contribution in [0.5, 0.6) is 0 Å². The van der Waals surface area contributed by atoms with Crippen molar-refractivity contribution in [1.29, 1.82) is 0 Å². The molecule has 1 aliphatic carbocycles. The zero-order valence-corrected chi connectivity index (χ0v) is 6.30. The van der Waals surface area contributed by atoms with Gasteiger partial charge in [-0.15, -0.1) is 0 Å². The maximum absolute atomic E-state index is 8.82. The molecule has 0 aliphatic heterocycles. The van der Waals surface area contributed by atoms with E-state index in [0.29, 0.717) is 0 Å². The summed E-state index contributed by atoms with van der Waals surface area (Å²) in [5.74, 6) is 0. The van der Waals surface area contributed by atoms with Gasteiger partial charge in [-0.1, -0.05) is 13.8 Å². The minimum absolute atomic E-state index is 0.102. The highest BCUT2D eigenvalue weighted by Crippen LogP contribution is 2.15. The summed E-state index contributed by atoms with van der Waals surface area (Å²) in [6.07, 6.45) is 2.61. The van der Waals surface area contributed by atoms with Gasteiger partial charge in [-0.05, 0) is 19.3 Å². The fraction of sp³-hybridized carbons (Fsp3) is 1.00. The molecule has 0 heterocycles. The number of rotatable bonds is 0. The van der Waals surface area contributed by atoms with Crippen molar-refractivity contribution in [3.05, 3.63) is 0 Å². The lowest BCUT2D eigenvalue weighted by Gasteiger charge is -1.96. The van der Waals surface area contributed by atoms with Crippen LogP contribution in [-0.4, -0.2) is 17.3 Å². The first kappa shape index (κ1) is 8.92. The molecule has 56 valence electrons. The maximum atomic E-state index is 8.82. The van der Waals surface area contributed by atoms with Gasteiger partial charge in [0.1, 0.15) is 0 Å². The monoisotopic (exact) mass is 131 g/mol. The van der Waals surface area contributed by atoms with Crippen molar-refractivity contribution < 1.29 is 5.11 Å². The summed E-state index contributed by atoms with van der Waals surface area (Å²) in [5, 5.41) is 8.82. The number of aliphatic hydroxyl groups excluding tert-OH is 1. The second-order valence-corrected chi connectivity index (χ2v) is 2.23. The average Bonchev–Trinajstić information content (AvgIpc) is 2.20. The molecule has 9 heavy (non-hydrogen) atoms. The van der Waals surface area contributed by atoms with E-state index in [1.54, 1.807) is 0 Å². The highest BCUT2D eigenvalue weighted by atomic mass is 16.3. The Morgan fingerprint density at radius 3 is 2.00 bits per heavy atom. The number of nitrogens with two attached hydrogens (primary N) is 1. The molecular formula is C7H17NO. The fourth-order valence-electron chi connectivity index (χ4n) is 0.992. The van der Waals surface area contributed by atoms with Crippen LogP contribution in [0.15, 0.2) is 0 Å². The van der Waals surface area contributed by atoms with E-state index in [2.05, 4.69) is 0 Å². The Labute approximate surface area is 57.1 Å². The largest absolute Gasteiger partial charge is 0.393 e. The lowest BCUT2D eigenvalue weighted by atomic mass is 10.3. The van der Waals surface area contributed by atoms with E-state index >= 15 is 0 Å². The normalized spacial score (nSPS) is 33.3. The van der Waals surface area contributed by atoms with E-state index in [1.165, 1.54) is 0 Å². The molecule has 0 amide bonds. The molecule has 0 aromatic heterocycles. The zero-order chi connectivity index (χ0) is 7.28. The maximum Gasteiger partial charge on any atom is 0.0555 e. The summed E-state index contributed by atoms with van der Waals surface area (Å²) in [7, 11) is 0. The second kappa shape index (κ2) is 4.77. The summed E-state index contributed by atoms with van der Waals surface area (Å²) < 4.78 is 0. The van der Waals surface area contributed by atoms with Gasteiger partial charge in [0.05, 0.1) is 6.10 Å². The van der Waals surface area contributed by atoms with Crippen molar-refractivity contribution in [3.8, 4) is 0 Å². The summed E-state index contributed by atoms with van der Waals surface area (Å²) in [6.45, 7) is 4.00. The van der Waals surface area contributed by atoms with Gasteiger partial charge >= 0.3 is 0 Å². The van der Waals surface area contributed by atoms with E-state index in [4.69, 9.17) is 10.8 Å². The van der Waals surface area contributed by atoms with Gasteiger partial charge in [-0.25, -0.2) is 0 Å². The number of hydrogen-bond acceptors (Lipinski definition) is 2. The first-order valence-corrected chi connectivity index (χ1v) is 3.72. The van der Waals surface area contributed by atoms with E-state index < -0.39 is 0 Å². The van der Waals surface area contributed by atoms with E-state index in [9.17, 15) is 0 Å². The van der Waals surface area contributed by atoms with Gasteiger partial charge in [-0.2, -0.15) is 0 Å². The predicted molar refractivity (Wildman–Crippen MR) is 39.2 cm³/mol. The van der Waals surface area contributed by atoms with Gasteiger partial charge in [0.25, 0.3) is 0 Å². The van der Waals surface area contributed by atoms with Crippen molar-refractivity contribution in [2.45, 2.75) is 45.3 Å². The molecule has 1 saturated carbocycles. The number of aliphatic hydroxyl groups is 1. The third kappa shape index (κ3) is 3.49. The Morgan fingerprint density at radius 1 is 1.33 bits per heavy atom. The van der Waals surface area contributed by atoms with Gasteiger partial charge in [-0.3, -0.25) is 0 Å². The molecule has 1 rings (SSSR count). The topological polar surface area (TPSA) is 46.2 Å². The molecule has 0 spiro atoms. The molecule has 0 aromatic carbocycles. The van der Waals surface area contributed by atoms with Crippen LogP contribution in [0, 0.1) is 0 Å². The molecular weight excluding hydrogens is 114 g/mol. The van der Waals surface area contributed by atoms with Crippen LogP contribution >= 0.6 is 0 Å². The van der Waals surface area contributed by atoms with Crippen LogP contribution < -0.4 is 5.73 Å². The van der Waals surface area contributed by atoms with Crippen LogP contribution in [0.25, 0.3) is 0 Å². The molecule has 0 radical (unpaired) electrons. The Balaban J connectivity index is 0.000000291. The van der Waals surface area contributed by atoms with Gasteiger partial charge in [0, 0.05) is 6.04 Å². The minimum atomic E-state index is -0.102. The Morgan fingerprint density at radius 2 is 1.89 bits per heavy atom. The van der Waals surface area contributed by atoms with Crippen molar-refractivity contribution in [1.82, 2.24) is 0 Å². The summed E-state index contributed by atoms with van der Waals surface area (Å²) >= 11 is 0. The molecule has 3 N–H and O–H groups in total. The Bertz CT molecular complexity index is 57.9. The van der Waals surface area contributed by atoms with Gasteiger partial charge in [0.2, 0.25) is 0 Å². The van der Waals surface area contributed by atoms with Crippen LogP contribution in [-0.2, 0) is 0 Å². The highest BCUT2D eigenvalue weighted by molar-refractivity contribution is 4.76. The van der Waals surface area contributed by atoms with Crippen molar-refractivity contribution in [3.63, 3.8) is 0 Å². The third-order valence-corrected chi connectivity index (χ3v) is 1.45. The SMILES string of the molecule is CC.NC1CCC(O)C1. The van der Waals surface area contributed by atoms with Crippen LogP contribution in [0.1, 0.15) is 33.1 Å². The number of hydrogen-bond donors (Lipinski definition) is 2. The lowest BCUT2D eigenvalue weighted by Crippen LogP contribution is -2.15. The summed E-state index contributed by atoms with van der Waals surface area (Å²) in [5.41, 5.74) is 5.47. The third-order valence-electron chi connectivity index (χ3n) is 1.45. The van der Waals surface area contributed by atoms with E-state index in [-0.39, 0.29) is 12.1 Å². The molecule has 1 fully saturated rings. The smallest absolute Gasteiger partial charge is 0.0555 e. The highest BCUT2D eigenvalue weighted by Gasteiger charge is 2.18. The molecule has 0 aromatic rings. The standard InChI is InChI=1S/C5H11NO.C2H6/c6-4-1-2-5(7)3-4;1-2/h4-5,7H,1-3,6H2;1-2H3. The summed E-state index contributed by atoms with van der Waals surface area (Å²) in [6, 6.07) is 0.273. The Kier molecular flexibility index (Phi) is 4.72. The first-order valence-electron chi connectivity index (χ1n) is 3.72. The van der Waals surface area contributed by atoms with Crippen LogP contribution in [0.3, 0.4) is 0 Å². The molecule has 1 aliphatic rings. The predicted octanol–water partition coefficient (Wildman–Crippen LogP) is 0.885. The molecule has 2 heteroatoms. The van der Waals surface area contributed by atoms with Crippen molar-refractivity contribution >= 4 is 0 Å². The van der Waals surface area contributed by atoms with Crippen molar-refractivity contribution in [2.24, 2.45) is 5.73 Å². The molecule has 0 saturated heterocycles. The molecule has 2 unspecified atom stereocenters. The van der Waals surface area contributed by atoms with Crippen molar-refractivity contribution in [2.75, 3.05) is 0 Å². The zero-order valence-electron chi connectivity index (χ0n) is 6.30. The van der Waals surface area contributed by atoms with Crippen LogP contribution in [0.2, 0.25) is 0 Å². The molecule has 2 nitrogen and oxygen atoms in total. The first-order chi connectivity index (χ1) is 4.29. The second-order valence-electron chi connectivity index (χ2n) is 2.23. The van der Waals surface area contributed by atoms with E-state index in [1.807, 2.05) is 13.8 Å². The Hall–Kier alpha value is -0.0800. The van der Waals surface area contributed by atoms with E-state index in [0.717, 1.165) is 19.3 Å². The van der Waals surface area contributed by atoms with Gasteiger partial charge in [0.15, 0.2) is 0 Å². The fourth-order valence-corrected chi connectivity index (χ4v) is 0.992. The quantitative estimate of drug-likeness (QED) is 0.512. The van der Waals surface area contributed by atoms with Gasteiger partial charge < -0.3 is 10.8 Å². The minimum Gasteiger partial charge on any atom is -0.393 e. The molecule has 0 bridgehead atoms. The van der Waals surface area contributed by atoms with Crippen LogP contribution in [0.4, 0.5) is 0 Å². The summed E-state index contributed by atoms with van der Waals surface area (Å²) in [4.78, 5) is 0. The molecule has 2 atom stereocenters.